The molecule has 4 N–H and O–H groups in total. The molecule has 640 valence electrons. The van der Waals surface area contributed by atoms with Crippen molar-refractivity contribution < 1.29 is 75.8 Å². The van der Waals surface area contributed by atoms with Gasteiger partial charge in [0.05, 0.1) is 26.4 Å². The minimum atomic E-state index is -4.94. The smallest absolute Gasteiger partial charge is 0.463 e. The number of hydrogen-bond donors (Lipinski definition) is 4. The Hall–Kier alpha value is -4.31. The maximum absolute atomic E-state index is 13.0. The van der Waals surface area contributed by atoms with E-state index < -0.39 is 91.5 Å². The van der Waals surface area contributed by atoms with Crippen molar-refractivity contribution >= 4 is 33.6 Å². The van der Waals surface area contributed by atoms with Crippen LogP contribution in [0.5, 0.6) is 0 Å². The van der Waals surface area contributed by atoms with Crippen LogP contribution in [0.2, 0.25) is 0 Å². The Morgan fingerprint density at radius 3 is 0.784 bits per heavy atom. The van der Waals surface area contributed by atoms with Gasteiger partial charge >= 0.3 is 33.6 Å². The van der Waals surface area contributed by atoms with Gasteiger partial charge in [-0.1, -0.05) is 353 Å². The van der Waals surface area contributed by atoms with Crippen LogP contribution >= 0.6 is 15.6 Å². The van der Waals surface area contributed by atoms with Crippen LogP contribution in [0.15, 0.2) is 134 Å². The van der Waals surface area contributed by atoms with Crippen LogP contribution in [-0.2, 0) is 55.8 Å². The molecule has 0 fully saturated rings. The molecule has 16 nitrogen and oxygen atoms in total. The second-order valence-corrected chi connectivity index (χ2v) is 32.6. The first kappa shape index (κ1) is 107. The first-order valence-electron chi connectivity index (χ1n) is 44.5. The summed E-state index contributed by atoms with van der Waals surface area (Å²) in [5.41, 5.74) is 0. The minimum Gasteiger partial charge on any atom is -0.463 e. The van der Waals surface area contributed by atoms with Crippen molar-refractivity contribution in [2.45, 2.75) is 399 Å². The number of unbranched alkanes of at least 4 members (excludes halogenated alkanes) is 39. The lowest BCUT2D eigenvalue weighted by atomic mass is 10.0. The molecule has 0 heterocycles. The van der Waals surface area contributed by atoms with E-state index in [2.05, 4.69) is 154 Å². The van der Waals surface area contributed by atoms with Crippen molar-refractivity contribution in [3.05, 3.63) is 134 Å². The van der Waals surface area contributed by atoms with E-state index in [0.717, 1.165) is 148 Å². The fourth-order valence-electron chi connectivity index (χ4n) is 12.1. The van der Waals surface area contributed by atoms with Crippen molar-refractivity contribution in [1.29, 1.82) is 0 Å². The summed E-state index contributed by atoms with van der Waals surface area (Å²) in [5, 5.41) is 20.7. The minimum absolute atomic E-state index is 0.0925. The summed E-state index contributed by atoms with van der Waals surface area (Å²) >= 11 is 0. The number of hydrogen-bond acceptors (Lipinski definition) is 14. The van der Waals surface area contributed by atoms with E-state index in [4.69, 9.17) is 32.3 Å². The van der Waals surface area contributed by atoms with E-state index in [9.17, 15) is 43.5 Å². The fourth-order valence-corrected chi connectivity index (χ4v) is 13.7. The predicted octanol–water partition coefficient (Wildman–Crippen LogP) is 27.0. The van der Waals surface area contributed by atoms with Crippen LogP contribution in [0, 0.1) is 0 Å². The average molecular weight is 1600 g/mol. The molecule has 0 aromatic heterocycles. The predicted molar refractivity (Wildman–Crippen MR) is 463 cm³/mol. The molecule has 0 aromatic carbocycles. The lowest BCUT2D eigenvalue weighted by Crippen LogP contribution is -2.30. The Labute approximate surface area is 677 Å². The Morgan fingerprint density at radius 1 is 0.261 bits per heavy atom. The number of aliphatic hydroxyl groups is 2. The van der Waals surface area contributed by atoms with E-state index >= 15 is 0 Å². The molecule has 0 rings (SSSR count). The highest BCUT2D eigenvalue weighted by Gasteiger charge is 2.29. The number of rotatable bonds is 84. The van der Waals surface area contributed by atoms with Crippen LogP contribution in [0.25, 0.3) is 0 Å². The summed E-state index contributed by atoms with van der Waals surface area (Å²) in [6.07, 6.45) is 105. The summed E-state index contributed by atoms with van der Waals surface area (Å²) in [5.74, 6) is -1.58. The van der Waals surface area contributed by atoms with Crippen molar-refractivity contribution in [3.63, 3.8) is 0 Å². The van der Waals surface area contributed by atoms with Gasteiger partial charge in [0.1, 0.15) is 25.4 Å². The maximum Gasteiger partial charge on any atom is 0.472 e. The summed E-state index contributed by atoms with van der Waals surface area (Å²) in [7, 11) is -9.80. The molecule has 5 unspecified atom stereocenters. The van der Waals surface area contributed by atoms with Crippen molar-refractivity contribution in [1.82, 2.24) is 0 Å². The Morgan fingerprint density at radius 2 is 0.477 bits per heavy atom. The van der Waals surface area contributed by atoms with Gasteiger partial charge in [0.2, 0.25) is 0 Å². The number of aliphatic hydroxyl groups excluding tert-OH is 2. The van der Waals surface area contributed by atoms with Gasteiger partial charge in [-0.25, -0.2) is 9.13 Å². The van der Waals surface area contributed by atoms with Gasteiger partial charge in [-0.15, -0.1) is 0 Å². The largest absolute Gasteiger partial charge is 0.472 e. The molecule has 0 aliphatic heterocycles. The van der Waals surface area contributed by atoms with Gasteiger partial charge in [-0.05, 0) is 141 Å². The number of carbonyl (C=O) groups is 3. The number of phosphoric acid groups is 2. The standard InChI is InChI=1S/C93H162O16P2/c1-4-7-10-13-16-19-22-25-27-29-31-33-35-37-39-41-42-43-44-46-48-49-51-53-55-57-59-62-64-67-70-73-76-79-91(96)103-82-88(94)83-105-110(99,100)106-84-89(95)85-107-111(101,102)108-87-90(109-93(98)81-78-75-72-69-66-61-24-21-18-15-12-9-6-3)86-104-92(97)80-77-74-71-68-65-63-60-58-56-54-52-50-47-45-40-38-36-34-32-30-28-26-23-20-17-14-11-8-5-2/h8,11,16-17,19-21,24-28,31-34,37-40,47,50,88-90,94-95H,4-7,9-10,12-15,18,22-23,29-30,35-36,41-46,48-49,51-87H2,1-3H3,(H,99,100)(H,101,102)/b11-8-,19-16-,20-17-,24-21-,27-25-,28-26-,33-31-,34-32-,39-37-,40-38-,50-47-. The molecule has 0 saturated heterocycles. The first-order chi connectivity index (χ1) is 54.2. The zero-order valence-electron chi connectivity index (χ0n) is 70.4. The van der Waals surface area contributed by atoms with Crippen LogP contribution in [-0.4, -0.2) is 95.9 Å². The van der Waals surface area contributed by atoms with Crippen LogP contribution in [0.3, 0.4) is 0 Å². The summed E-state index contributed by atoms with van der Waals surface area (Å²) in [6.45, 7) is 2.55. The molecular weight excluding hydrogens is 1430 g/mol. The van der Waals surface area contributed by atoms with Gasteiger partial charge in [0, 0.05) is 19.3 Å². The second-order valence-electron chi connectivity index (χ2n) is 29.7. The molecule has 5 atom stereocenters. The van der Waals surface area contributed by atoms with Crippen LogP contribution in [0.4, 0.5) is 0 Å². The highest BCUT2D eigenvalue weighted by Crippen LogP contribution is 2.45. The SMILES string of the molecule is CC/C=C\C/C=C\C/C=C\C/C=C\C/C=C\C/C=C\CCCCCCCCCCCCC(=O)OCC(COP(=O)(O)OCC(O)COP(=O)(O)OCC(O)COC(=O)CCCCCCCCCCCCCCCCCCC/C=C\C/C=C\C/C=C\C/C=C\CCCCC)OC(=O)CCCCCCC/C=C\CCCCCC. The molecular formula is C93H162O16P2. The molecule has 0 amide bonds. The van der Waals surface area contributed by atoms with Gasteiger partial charge in [0.15, 0.2) is 6.10 Å². The van der Waals surface area contributed by atoms with E-state index in [1.165, 1.54) is 173 Å². The summed E-state index contributed by atoms with van der Waals surface area (Å²) in [6, 6.07) is 0. The molecule has 18 heteroatoms. The number of esters is 3. The molecule has 0 bridgehead atoms. The van der Waals surface area contributed by atoms with Crippen molar-refractivity contribution in [2.75, 3.05) is 39.6 Å². The Balaban J connectivity index is 4.42. The lowest BCUT2D eigenvalue weighted by molar-refractivity contribution is -0.161. The van der Waals surface area contributed by atoms with Crippen molar-refractivity contribution in [3.8, 4) is 0 Å². The maximum atomic E-state index is 13.0. The van der Waals surface area contributed by atoms with E-state index in [-0.39, 0.29) is 19.3 Å². The molecule has 0 saturated carbocycles. The molecule has 0 aromatic rings. The molecule has 111 heavy (non-hydrogen) atoms. The second kappa shape index (κ2) is 85.1. The molecule has 0 aliphatic carbocycles. The number of ether oxygens (including phenoxy) is 3. The Kier molecular flexibility index (Phi) is 81.8. The Bertz CT molecular complexity index is 2550. The van der Waals surface area contributed by atoms with E-state index in [0.29, 0.717) is 19.3 Å². The number of carbonyl (C=O) groups excluding carboxylic acids is 3. The van der Waals surface area contributed by atoms with Gasteiger partial charge in [0.25, 0.3) is 0 Å². The van der Waals surface area contributed by atoms with E-state index in [1.54, 1.807) is 0 Å². The first-order valence-corrected chi connectivity index (χ1v) is 47.5. The summed E-state index contributed by atoms with van der Waals surface area (Å²) in [4.78, 5) is 58.8. The molecule has 0 radical (unpaired) electrons. The third-order valence-corrected chi connectivity index (χ3v) is 20.7. The van der Waals surface area contributed by atoms with Crippen molar-refractivity contribution in [2.24, 2.45) is 0 Å². The zero-order chi connectivity index (χ0) is 80.8. The van der Waals surface area contributed by atoms with Gasteiger partial charge < -0.3 is 34.2 Å². The molecule has 0 spiro atoms. The fraction of sp³-hybridized carbons (Fsp3) is 0.731. The quantitative estimate of drug-likeness (QED) is 0.0146. The van der Waals surface area contributed by atoms with Gasteiger partial charge in [-0.3, -0.25) is 32.5 Å². The monoisotopic (exact) mass is 1600 g/mol. The third kappa shape index (κ3) is 86.4. The zero-order valence-corrected chi connectivity index (χ0v) is 72.1. The normalized spacial score (nSPS) is 14.5. The lowest BCUT2D eigenvalue weighted by Gasteiger charge is -2.21. The van der Waals surface area contributed by atoms with E-state index in [1.807, 2.05) is 0 Å². The highest BCUT2D eigenvalue weighted by atomic mass is 31.2. The highest BCUT2D eigenvalue weighted by molar-refractivity contribution is 7.47. The average Bonchev–Trinajstić information content (AvgIpc) is 0.900. The van der Waals surface area contributed by atoms with Gasteiger partial charge in [-0.2, -0.15) is 0 Å². The molecule has 0 aliphatic rings. The third-order valence-electron chi connectivity index (χ3n) is 18.8. The number of phosphoric ester groups is 2. The van der Waals surface area contributed by atoms with Crippen LogP contribution in [0.1, 0.15) is 380 Å². The van der Waals surface area contributed by atoms with Crippen LogP contribution < -0.4 is 0 Å². The number of allylic oxidation sites excluding steroid dienone is 22. The topological polar surface area (TPSA) is 231 Å². The summed E-state index contributed by atoms with van der Waals surface area (Å²) < 4.78 is 61.3.